The molecular formula is C18H23N3O3. The normalized spacial score (nSPS) is 15.7. The second-order valence-corrected chi connectivity index (χ2v) is 6.26. The summed E-state index contributed by atoms with van der Waals surface area (Å²) in [5.41, 5.74) is 2.93. The first-order chi connectivity index (χ1) is 11.6. The average Bonchev–Trinajstić information content (AvgIpc) is 2.96. The Morgan fingerprint density at radius 1 is 1.29 bits per heavy atom. The maximum absolute atomic E-state index is 12.5. The van der Waals surface area contributed by atoms with Crippen LogP contribution >= 0.6 is 0 Å². The second kappa shape index (κ2) is 7.03. The number of carbonyl (C=O) groups is 2. The summed E-state index contributed by atoms with van der Waals surface area (Å²) in [6, 6.07) is 5.95. The Balaban J connectivity index is 1.58. The van der Waals surface area contributed by atoms with Gasteiger partial charge < -0.3 is 14.2 Å². The molecule has 0 saturated carbocycles. The molecule has 1 saturated heterocycles. The lowest BCUT2D eigenvalue weighted by atomic mass is 9.96. The number of aryl methyl sites for hydroxylation is 1. The van der Waals surface area contributed by atoms with Crippen LogP contribution in [0.2, 0.25) is 0 Å². The van der Waals surface area contributed by atoms with E-state index in [1.807, 2.05) is 41.6 Å². The Bertz CT molecular complexity index is 745. The molecule has 0 unspecified atom stereocenters. The number of aromatic nitrogens is 2. The van der Waals surface area contributed by atoms with E-state index in [4.69, 9.17) is 4.74 Å². The third-order valence-electron chi connectivity index (χ3n) is 4.61. The highest BCUT2D eigenvalue weighted by atomic mass is 16.5. The molecule has 3 rings (SSSR count). The van der Waals surface area contributed by atoms with Gasteiger partial charge >= 0.3 is 5.97 Å². The van der Waals surface area contributed by atoms with Gasteiger partial charge in [-0.05, 0) is 37.5 Å². The summed E-state index contributed by atoms with van der Waals surface area (Å²) >= 11 is 0. The predicted molar refractivity (Wildman–Crippen MR) is 90.4 cm³/mol. The van der Waals surface area contributed by atoms with Crippen LogP contribution in [0.1, 0.15) is 25.3 Å². The van der Waals surface area contributed by atoms with Gasteiger partial charge in [-0.15, -0.1) is 0 Å². The van der Waals surface area contributed by atoms with Crippen molar-refractivity contribution in [3.05, 3.63) is 30.1 Å². The molecule has 6 heteroatoms. The first kappa shape index (κ1) is 16.5. The highest BCUT2D eigenvalue weighted by molar-refractivity contribution is 5.82. The fourth-order valence-electron chi connectivity index (χ4n) is 3.20. The minimum atomic E-state index is -0.134. The zero-order valence-electron chi connectivity index (χ0n) is 14.2. The van der Waals surface area contributed by atoms with E-state index in [1.54, 1.807) is 6.33 Å². The van der Waals surface area contributed by atoms with Crippen LogP contribution in [0.5, 0.6) is 0 Å². The maximum Gasteiger partial charge on any atom is 0.309 e. The number of likely N-dealkylation sites (tertiary alicyclic amines) is 1. The highest BCUT2D eigenvalue weighted by Crippen LogP contribution is 2.20. The number of benzene rings is 1. The zero-order chi connectivity index (χ0) is 17.1. The smallest absolute Gasteiger partial charge is 0.309 e. The van der Waals surface area contributed by atoms with Crippen molar-refractivity contribution in [2.45, 2.75) is 26.2 Å². The van der Waals surface area contributed by atoms with Gasteiger partial charge in [0.05, 0.1) is 36.3 Å². The second-order valence-electron chi connectivity index (χ2n) is 6.26. The number of esters is 1. The number of imidazole rings is 1. The molecule has 2 aromatic rings. The molecule has 0 radical (unpaired) electrons. The topological polar surface area (TPSA) is 64.4 Å². The van der Waals surface area contributed by atoms with E-state index < -0.39 is 0 Å². The van der Waals surface area contributed by atoms with E-state index in [2.05, 4.69) is 4.98 Å². The van der Waals surface area contributed by atoms with Crippen molar-refractivity contribution >= 4 is 22.9 Å². The molecule has 1 aromatic carbocycles. The van der Waals surface area contributed by atoms with Crippen molar-refractivity contribution in [1.82, 2.24) is 14.5 Å². The van der Waals surface area contributed by atoms with Crippen LogP contribution in [0, 0.1) is 5.92 Å². The third-order valence-corrected chi connectivity index (χ3v) is 4.61. The lowest BCUT2D eigenvalue weighted by Crippen LogP contribution is -2.41. The van der Waals surface area contributed by atoms with Gasteiger partial charge in [0.2, 0.25) is 5.91 Å². The Hall–Kier alpha value is -2.37. The molecule has 0 N–H and O–H groups in total. The first-order valence-electron chi connectivity index (χ1n) is 8.43. The quantitative estimate of drug-likeness (QED) is 0.804. The molecular weight excluding hydrogens is 306 g/mol. The minimum Gasteiger partial charge on any atom is -0.466 e. The molecule has 0 bridgehead atoms. The van der Waals surface area contributed by atoms with E-state index in [1.165, 1.54) is 0 Å². The van der Waals surface area contributed by atoms with Crippen LogP contribution in [0.25, 0.3) is 11.0 Å². The molecule has 1 aliphatic rings. The van der Waals surface area contributed by atoms with Crippen molar-refractivity contribution in [1.29, 1.82) is 0 Å². The summed E-state index contributed by atoms with van der Waals surface area (Å²) in [6.07, 6.45) is 3.51. The molecule has 1 aliphatic heterocycles. The number of carbonyl (C=O) groups excluding carboxylic acids is 2. The summed E-state index contributed by atoms with van der Waals surface area (Å²) in [4.78, 5) is 30.4. The van der Waals surface area contributed by atoms with Crippen molar-refractivity contribution in [2.24, 2.45) is 13.0 Å². The summed E-state index contributed by atoms with van der Waals surface area (Å²) in [5, 5.41) is 0. The Morgan fingerprint density at radius 3 is 2.75 bits per heavy atom. The fourth-order valence-corrected chi connectivity index (χ4v) is 3.20. The third kappa shape index (κ3) is 3.42. The van der Waals surface area contributed by atoms with Crippen LogP contribution < -0.4 is 0 Å². The van der Waals surface area contributed by atoms with Crippen LogP contribution in [0.3, 0.4) is 0 Å². The van der Waals surface area contributed by atoms with Crippen LogP contribution in [0.15, 0.2) is 24.5 Å². The van der Waals surface area contributed by atoms with E-state index >= 15 is 0 Å². The van der Waals surface area contributed by atoms with E-state index in [-0.39, 0.29) is 17.8 Å². The lowest BCUT2D eigenvalue weighted by molar-refractivity contribution is -0.151. The van der Waals surface area contributed by atoms with Gasteiger partial charge in [-0.2, -0.15) is 0 Å². The lowest BCUT2D eigenvalue weighted by Gasteiger charge is -2.31. The van der Waals surface area contributed by atoms with Gasteiger partial charge in [0.25, 0.3) is 0 Å². The summed E-state index contributed by atoms with van der Waals surface area (Å²) in [6.45, 7) is 3.46. The minimum absolute atomic E-state index is 0.0705. The fraction of sp³-hybridized carbons (Fsp3) is 0.500. The molecule has 0 spiro atoms. The highest BCUT2D eigenvalue weighted by Gasteiger charge is 2.28. The number of piperidine rings is 1. The van der Waals surface area contributed by atoms with Crippen molar-refractivity contribution in [3.63, 3.8) is 0 Å². The number of nitrogens with zero attached hydrogens (tertiary/aromatic N) is 3. The van der Waals surface area contributed by atoms with E-state index in [9.17, 15) is 9.59 Å². The predicted octanol–water partition coefficient (Wildman–Crippen LogP) is 1.92. The summed E-state index contributed by atoms with van der Waals surface area (Å²) < 4.78 is 7.02. The van der Waals surface area contributed by atoms with Crippen LogP contribution in [0.4, 0.5) is 0 Å². The number of hydrogen-bond acceptors (Lipinski definition) is 4. The van der Waals surface area contributed by atoms with Crippen molar-refractivity contribution in [3.8, 4) is 0 Å². The van der Waals surface area contributed by atoms with E-state index in [0.29, 0.717) is 39.0 Å². The van der Waals surface area contributed by atoms with Crippen molar-refractivity contribution < 1.29 is 14.3 Å². The zero-order valence-corrected chi connectivity index (χ0v) is 14.2. The number of amides is 1. The Labute approximate surface area is 141 Å². The summed E-state index contributed by atoms with van der Waals surface area (Å²) in [5.74, 6) is -0.100. The van der Waals surface area contributed by atoms with Gasteiger partial charge in [0.15, 0.2) is 0 Å². The number of ether oxygens (including phenoxy) is 1. The largest absolute Gasteiger partial charge is 0.466 e. The monoisotopic (exact) mass is 329 g/mol. The van der Waals surface area contributed by atoms with Crippen molar-refractivity contribution in [2.75, 3.05) is 19.7 Å². The molecule has 1 fully saturated rings. The van der Waals surface area contributed by atoms with Gasteiger partial charge in [0, 0.05) is 20.1 Å². The molecule has 0 atom stereocenters. The van der Waals surface area contributed by atoms with Gasteiger partial charge in [0.1, 0.15) is 0 Å². The van der Waals surface area contributed by atoms with Gasteiger partial charge in [-0.3, -0.25) is 9.59 Å². The maximum atomic E-state index is 12.5. The Morgan fingerprint density at radius 2 is 2.04 bits per heavy atom. The van der Waals surface area contributed by atoms with Crippen LogP contribution in [-0.4, -0.2) is 46.0 Å². The van der Waals surface area contributed by atoms with Gasteiger partial charge in [-0.1, -0.05) is 6.07 Å². The van der Waals surface area contributed by atoms with Gasteiger partial charge in [-0.25, -0.2) is 4.98 Å². The summed E-state index contributed by atoms with van der Waals surface area (Å²) in [7, 11) is 1.95. The first-order valence-corrected chi connectivity index (χ1v) is 8.43. The standard InChI is InChI=1S/C18H23N3O3/c1-3-24-18(23)14-6-8-21(9-7-14)17(22)11-13-4-5-16-15(10-13)19-12-20(16)2/h4-5,10,12,14H,3,6-9,11H2,1-2H3. The number of rotatable bonds is 4. The molecule has 6 nitrogen and oxygen atoms in total. The molecule has 1 amide bonds. The molecule has 1 aromatic heterocycles. The molecule has 128 valence electrons. The van der Waals surface area contributed by atoms with E-state index in [0.717, 1.165) is 16.6 Å². The number of hydrogen-bond donors (Lipinski definition) is 0. The molecule has 2 heterocycles. The molecule has 0 aliphatic carbocycles. The SMILES string of the molecule is CCOC(=O)C1CCN(C(=O)Cc2ccc3c(c2)ncn3C)CC1. The van der Waals surface area contributed by atoms with Crippen LogP contribution in [-0.2, 0) is 27.8 Å². The Kier molecular flexibility index (Phi) is 4.83. The number of fused-ring (bicyclic) bond motifs is 1. The average molecular weight is 329 g/mol. The molecule has 24 heavy (non-hydrogen) atoms.